The van der Waals surface area contributed by atoms with Gasteiger partial charge in [-0.2, -0.15) is 0 Å². The lowest BCUT2D eigenvalue weighted by Gasteiger charge is -2.23. The van der Waals surface area contributed by atoms with Crippen molar-refractivity contribution in [2.24, 2.45) is 0 Å². The predicted octanol–water partition coefficient (Wildman–Crippen LogP) is 3.33. The third-order valence-corrected chi connectivity index (χ3v) is 3.71. The van der Waals surface area contributed by atoms with E-state index < -0.39 is 27.3 Å². The minimum absolute atomic E-state index is 0.134. The van der Waals surface area contributed by atoms with E-state index >= 15 is 0 Å². The molecule has 0 fully saturated rings. The van der Waals surface area contributed by atoms with Gasteiger partial charge in [0.25, 0.3) is 0 Å². The summed E-state index contributed by atoms with van der Waals surface area (Å²) >= 11 is 5.88. The van der Waals surface area contributed by atoms with Crippen molar-refractivity contribution in [2.45, 2.75) is 6.10 Å². The second-order valence-corrected chi connectivity index (χ2v) is 5.57. The minimum Gasteiger partial charge on any atom is -0.387 e. The van der Waals surface area contributed by atoms with Crippen molar-refractivity contribution in [1.82, 2.24) is 0 Å². The molecule has 1 N–H and O–H groups in total. The summed E-state index contributed by atoms with van der Waals surface area (Å²) < 4.78 is 0. The van der Waals surface area contributed by atoms with Crippen LogP contribution in [0.1, 0.15) is 11.7 Å². The number of nitro groups is 2. The zero-order valence-corrected chi connectivity index (χ0v) is 13.4. The highest BCUT2D eigenvalue weighted by Gasteiger charge is 2.25. The molecule has 0 spiro atoms. The van der Waals surface area contributed by atoms with Gasteiger partial charge in [-0.3, -0.25) is 20.2 Å². The fraction of sp³-hybridized carbons (Fsp3) is 0.200. The van der Waals surface area contributed by atoms with Crippen LogP contribution in [0.3, 0.4) is 0 Å². The highest BCUT2D eigenvalue weighted by Crippen LogP contribution is 2.31. The molecule has 1 unspecified atom stereocenters. The van der Waals surface area contributed by atoms with Gasteiger partial charge in [-0.15, -0.1) is 0 Å². The first kappa shape index (κ1) is 17.6. The number of aliphatic hydroxyl groups is 1. The van der Waals surface area contributed by atoms with E-state index in [0.717, 1.165) is 12.1 Å². The van der Waals surface area contributed by atoms with Crippen LogP contribution < -0.4 is 4.90 Å². The summed E-state index contributed by atoms with van der Waals surface area (Å²) in [4.78, 5) is 21.8. The predicted molar refractivity (Wildman–Crippen MR) is 89.4 cm³/mol. The summed E-state index contributed by atoms with van der Waals surface area (Å²) in [6, 6.07) is 10.3. The third-order valence-electron chi connectivity index (χ3n) is 3.47. The van der Waals surface area contributed by atoms with Crippen LogP contribution >= 0.6 is 11.6 Å². The van der Waals surface area contributed by atoms with Crippen molar-refractivity contribution < 1.29 is 15.0 Å². The third kappa shape index (κ3) is 3.98. The molecule has 24 heavy (non-hydrogen) atoms. The first-order chi connectivity index (χ1) is 11.3. The van der Waals surface area contributed by atoms with Gasteiger partial charge in [-0.25, -0.2) is 0 Å². The number of aliphatic hydroxyl groups excluding tert-OH is 1. The molecule has 0 bridgehead atoms. The van der Waals surface area contributed by atoms with Crippen LogP contribution in [-0.4, -0.2) is 28.5 Å². The summed E-state index contributed by atoms with van der Waals surface area (Å²) in [6.45, 7) is 0.134. The Bertz CT molecular complexity index is 783. The van der Waals surface area contributed by atoms with Crippen LogP contribution in [0.4, 0.5) is 17.1 Å². The van der Waals surface area contributed by atoms with E-state index in [9.17, 15) is 25.3 Å². The number of rotatable bonds is 6. The Kier molecular flexibility index (Phi) is 5.32. The molecule has 0 saturated carbocycles. The zero-order chi connectivity index (χ0) is 17.9. The van der Waals surface area contributed by atoms with Gasteiger partial charge in [0.1, 0.15) is 0 Å². The molecular weight excluding hydrogens is 338 g/mol. The molecule has 0 aliphatic carbocycles. The van der Waals surface area contributed by atoms with Gasteiger partial charge in [0, 0.05) is 36.4 Å². The summed E-state index contributed by atoms with van der Waals surface area (Å²) in [7, 11) is 1.62. The molecule has 1 atom stereocenters. The van der Waals surface area contributed by atoms with Crippen molar-refractivity contribution in [3.8, 4) is 0 Å². The Balaban J connectivity index is 2.23. The smallest absolute Gasteiger partial charge is 0.348 e. The van der Waals surface area contributed by atoms with Crippen LogP contribution in [0.15, 0.2) is 42.5 Å². The van der Waals surface area contributed by atoms with E-state index in [2.05, 4.69) is 0 Å². The quantitative estimate of drug-likeness (QED) is 0.631. The summed E-state index contributed by atoms with van der Waals surface area (Å²) in [5.41, 5.74) is -0.187. The number of halogens is 1. The molecule has 2 rings (SSSR count). The Morgan fingerprint density at radius 1 is 1.12 bits per heavy atom. The molecule has 0 amide bonds. The number of anilines is 1. The average molecular weight is 352 g/mol. The average Bonchev–Trinajstić information content (AvgIpc) is 2.53. The van der Waals surface area contributed by atoms with E-state index in [4.69, 9.17) is 11.6 Å². The summed E-state index contributed by atoms with van der Waals surface area (Å²) in [5.74, 6) is 0. The first-order valence-electron chi connectivity index (χ1n) is 6.87. The number of hydrogen-bond acceptors (Lipinski definition) is 6. The van der Waals surface area contributed by atoms with E-state index in [1.165, 1.54) is 6.07 Å². The molecule has 0 aromatic heterocycles. The zero-order valence-electron chi connectivity index (χ0n) is 12.6. The van der Waals surface area contributed by atoms with Gasteiger partial charge >= 0.3 is 11.4 Å². The normalized spacial score (nSPS) is 11.8. The van der Waals surface area contributed by atoms with Crippen LogP contribution in [0, 0.1) is 20.2 Å². The number of hydrogen-bond donors (Lipinski definition) is 1. The summed E-state index contributed by atoms with van der Waals surface area (Å²) in [6.07, 6.45) is -0.872. The Morgan fingerprint density at radius 2 is 1.79 bits per heavy atom. The number of nitro benzene ring substituents is 2. The van der Waals surface area contributed by atoms with Gasteiger partial charge in [-0.1, -0.05) is 23.7 Å². The van der Waals surface area contributed by atoms with Gasteiger partial charge < -0.3 is 10.0 Å². The molecule has 126 valence electrons. The topological polar surface area (TPSA) is 110 Å². The van der Waals surface area contributed by atoms with E-state index in [-0.39, 0.29) is 6.54 Å². The fourth-order valence-corrected chi connectivity index (χ4v) is 2.43. The van der Waals surface area contributed by atoms with Crippen molar-refractivity contribution in [2.75, 3.05) is 18.5 Å². The highest BCUT2D eigenvalue weighted by molar-refractivity contribution is 6.30. The van der Waals surface area contributed by atoms with Crippen molar-refractivity contribution in [1.29, 1.82) is 0 Å². The maximum Gasteiger partial charge on any atom is 0.348 e. The number of benzene rings is 2. The van der Waals surface area contributed by atoms with Gasteiger partial charge in [0.05, 0.1) is 16.0 Å². The number of likely N-dealkylation sites (N-methyl/N-ethyl adjacent to an activating group) is 1. The monoisotopic (exact) mass is 351 g/mol. The van der Waals surface area contributed by atoms with Crippen molar-refractivity contribution >= 4 is 28.7 Å². The lowest BCUT2D eigenvalue weighted by atomic mass is 10.1. The van der Waals surface area contributed by atoms with Crippen LogP contribution in [-0.2, 0) is 0 Å². The van der Waals surface area contributed by atoms with E-state index in [1.54, 1.807) is 36.2 Å². The summed E-state index contributed by atoms with van der Waals surface area (Å²) in [5, 5.41) is 32.6. The van der Waals surface area contributed by atoms with Crippen LogP contribution in [0.25, 0.3) is 0 Å². The van der Waals surface area contributed by atoms with Crippen LogP contribution in [0.5, 0.6) is 0 Å². The minimum atomic E-state index is -0.872. The molecule has 0 heterocycles. The molecular formula is C15H14ClN3O5. The van der Waals surface area contributed by atoms with E-state index in [0.29, 0.717) is 16.3 Å². The maximum absolute atomic E-state index is 11.0. The van der Waals surface area contributed by atoms with E-state index in [1.807, 2.05) is 0 Å². The molecule has 0 aliphatic heterocycles. The second kappa shape index (κ2) is 7.24. The Labute approximate surface area is 142 Å². The maximum atomic E-state index is 11.0. The SMILES string of the molecule is CN(CC(O)c1cccc(Cl)c1)c1ccc([N+](=O)[O-])c([N+](=O)[O-])c1. The highest BCUT2D eigenvalue weighted by atomic mass is 35.5. The number of nitrogens with zero attached hydrogens (tertiary/aromatic N) is 3. The molecule has 0 saturated heterocycles. The molecule has 8 nitrogen and oxygen atoms in total. The van der Waals surface area contributed by atoms with Gasteiger partial charge in [-0.05, 0) is 23.8 Å². The van der Waals surface area contributed by atoms with Gasteiger partial charge in [0.2, 0.25) is 0 Å². The van der Waals surface area contributed by atoms with Crippen LogP contribution in [0.2, 0.25) is 5.02 Å². The lowest BCUT2D eigenvalue weighted by molar-refractivity contribution is -0.422. The first-order valence-corrected chi connectivity index (χ1v) is 7.25. The van der Waals surface area contributed by atoms with Crippen molar-refractivity contribution in [3.63, 3.8) is 0 Å². The lowest BCUT2D eigenvalue weighted by Crippen LogP contribution is -2.24. The molecule has 2 aromatic rings. The molecule has 0 radical (unpaired) electrons. The van der Waals surface area contributed by atoms with Gasteiger partial charge in [0.15, 0.2) is 0 Å². The Hall–Kier alpha value is -2.71. The molecule has 2 aromatic carbocycles. The molecule has 0 aliphatic rings. The largest absolute Gasteiger partial charge is 0.387 e. The molecule has 9 heteroatoms. The van der Waals surface area contributed by atoms with Crippen molar-refractivity contribution in [3.05, 3.63) is 73.3 Å². The second-order valence-electron chi connectivity index (χ2n) is 5.14. The standard InChI is InChI=1S/C15H14ClN3O5/c1-17(9-15(20)10-3-2-4-11(16)7-10)12-5-6-13(18(21)22)14(8-12)19(23)24/h2-8,15,20H,9H2,1H3. The Morgan fingerprint density at radius 3 is 2.38 bits per heavy atom. The fourth-order valence-electron chi connectivity index (χ4n) is 2.23.